The number of anilines is 1. The summed E-state index contributed by atoms with van der Waals surface area (Å²) >= 11 is 1.40. The van der Waals surface area contributed by atoms with Gasteiger partial charge in [0, 0.05) is 17.2 Å². The van der Waals surface area contributed by atoms with Gasteiger partial charge in [-0.15, -0.1) is 11.3 Å². The number of Topliss-reactive ketones (excluding diaryl/α,β-unsaturated/α-hetero) is 1. The number of nitrogens with one attached hydrogen (secondary N) is 1. The van der Waals surface area contributed by atoms with Crippen LogP contribution in [0.15, 0.2) is 41.8 Å². The average molecular weight is 271 g/mol. The lowest BCUT2D eigenvalue weighted by Gasteiger charge is -2.04. The zero-order chi connectivity index (χ0) is 13.2. The van der Waals surface area contributed by atoms with Crippen molar-refractivity contribution >= 4 is 28.7 Å². The predicted octanol–water partition coefficient (Wildman–Crippen LogP) is 3.59. The Morgan fingerprint density at radius 1 is 1.11 bits per heavy atom. The van der Waals surface area contributed by atoms with Gasteiger partial charge in [-0.25, -0.2) is 0 Å². The van der Waals surface area contributed by atoms with Crippen LogP contribution in [0.1, 0.15) is 32.9 Å². The van der Waals surface area contributed by atoms with E-state index in [1.165, 1.54) is 11.3 Å². The minimum atomic E-state index is -0.115. The molecule has 1 N–H and O–H groups in total. The van der Waals surface area contributed by atoms with Crippen LogP contribution in [-0.4, -0.2) is 11.7 Å². The van der Waals surface area contributed by atoms with Crippen LogP contribution in [0.5, 0.6) is 0 Å². The molecule has 2 aromatic rings. The van der Waals surface area contributed by atoms with Gasteiger partial charge < -0.3 is 5.32 Å². The van der Waals surface area contributed by atoms with E-state index >= 15 is 0 Å². The molecule has 3 rings (SSSR count). The van der Waals surface area contributed by atoms with Crippen molar-refractivity contribution in [1.82, 2.24) is 0 Å². The third kappa shape index (κ3) is 2.74. The smallest absolute Gasteiger partial charge is 0.265 e. The number of carbonyl (C=O) groups excluding carboxylic acids is 2. The lowest BCUT2D eigenvalue weighted by molar-refractivity contribution is 0.0967. The lowest BCUT2D eigenvalue weighted by atomic mass is 10.1. The molecule has 0 spiro atoms. The van der Waals surface area contributed by atoms with E-state index in [9.17, 15) is 9.59 Å². The third-order valence-corrected chi connectivity index (χ3v) is 3.99. The maximum atomic E-state index is 11.8. The second-order valence-electron chi connectivity index (χ2n) is 4.65. The number of thiophene rings is 1. The van der Waals surface area contributed by atoms with E-state index in [-0.39, 0.29) is 17.6 Å². The van der Waals surface area contributed by atoms with E-state index in [1.54, 1.807) is 30.3 Å². The molecule has 96 valence electrons. The SMILES string of the molecule is O=C(Nc1ccc(C(=O)C2CC2)cc1)c1cccs1. The summed E-state index contributed by atoms with van der Waals surface area (Å²) in [5.41, 5.74) is 1.45. The summed E-state index contributed by atoms with van der Waals surface area (Å²) in [5, 5.41) is 4.68. The molecule has 1 aromatic heterocycles. The Hall–Kier alpha value is -1.94. The third-order valence-electron chi connectivity index (χ3n) is 3.12. The van der Waals surface area contributed by atoms with Crippen LogP contribution in [0.4, 0.5) is 5.69 Å². The minimum absolute atomic E-state index is 0.115. The topological polar surface area (TPSA) is 46.2 Å². The first-order valence-corrected chi connectivity index (χ1v) is 7.11. The van der Waals surface area contributed by atoms with Crippen molar-refractivity contribution in [3.05, 3.63) is 52.2 Å². The summed E-state index contributed by atoms with van der Waals surface area (Å²) in [7, 11) is 0. The van der Waals surface area contributed by atoms with Crippen molar-refractivity contribution in [3.8, 4) is 0 Å². The first-order valence-electron chi connectivity index (χ1n) is 6.23. The Bertz CT molecular complexity index is 598. The van der Waals surface area contributed by atoms with E-state index in [1.807, 2.05) is 11.4 Å². The fourth-order valence-corrected chi connectivity index (χ4v) is 2.52. The Morgan fingerprint density at radius 3 is 2.42 bits per heavy atom. The molecule has 0 bridgehead atoms. The maximum Gasteiger partial charge on any atom is 0.265 e. The molecule has 0 atom stereocenters. The Kier molecular flexibility index (Phi) is 3.17. The highest BCUT2D eigenvalue weighted by Crippen LogP contribution is 2.32. The van der Waals surface area contributed by atoms with Crippen molar-refractivity contribution in [1.29, 1.82) is 0 Å². The molecular weight excluding hydrogens is 258 g/mol. The van der Waals surface area contributed by atoms with Crippen LogP contribution < -0.4 is 5.32 Å². The van der Waals surface area contributed by atoms with Gasteiger partial charge in [0.1, 0.15) is 0 Å². The molecule has 4 heteroatoms. The molecule has 0 unspecified atom stereocenters. The monoisotopic (exact) mass is 271 g/mol. The van der Waals surface area contributed by atoms with Gasteiger partial charge in [-0.1, -0.05) is 6.07 Å². The molecule has 1 heterocycles. The van der Waals surface area contributed by atoms with Crippen molar-refractivity contribution in [2.45, 2.75) is 12.8 Å². The number of hydrogen-bond donors (Lipinski definition) is 1. The zero-order valence-electron chi connectivity index (χ0n) is 10.3. The van der Waals surface area contributed by atoms with Crippen molar-refractivity contribution < 1.29 is 9.59 Å². The minimum Gasteiger partial charge on any atom is -0.321 e. The van der Waals surface area contributed by atoms with E-state index in [4.69, 9.17) is 0 Å². The number of rotatable bonds is 4. The average Bonchev–Trinajstić information content (AvgIpc) is 3.13. The van der Waals surface area contributed by atoms with E-state index < -0.39 is 0 Å². The number of hydrogen-bond acceptors (Lipinski definition) is 3. The van der Waals surface area contributed by atoms with Gasteiger partial charge in [0.15, 0.2) is 5.78 Å². The van der Waals surface area contributed by atoms with Crippen molar-refractivity contribution in [3.63, 3.8) is 0 Å². The molecule has 1 aliphatic carbocycles. The van der Waals surface area contributed by atoms with E-state index in [0.29, 0.717) is 10.6 Å². The highest BCUT2D eigenvalue weighted by molar-refractivity contribution is 7.12. The van der Waals surface area contributed by atoms with Gasteiger partial charge in [-0.3, -0.25) is 9.59 Å². The summed E-state index contributed by atoms with van der Waals surface area (Å²) in [6.07, 6.45) is 2.02. The lowest BCUT2D eigenvalue weighted by Crippen LogP contribution is -2.10. The van der Waals surface area contributed by atoms with Crippen molar-refractivity contribution in [2.24, 2.45) is 5.92 Å². The molecule has 1 amide bonds. The molecular formula is C15H13NO2S. The predicted molar refractivity (Wildman–Crippen MR) is 75.8 cm³/mol. The highest BCUT2D eigenvalue weighted by atomic mass is 32.1. The second kappa shape index (κ2) is 4.97. The molecule has 19 heavy (non-hydrogen) atoms. The fraction of sp³-hybridized carbons (Fsp3) is 0.200. The first kappa shape index (κ1) is 12.1. The summed E-state index contributed by atoms with van der Waals surface area (Å²) in [5.74, 6) is 0.332. The normalized spacial score (nSPS) is 14.1. The fourth-order valence-electron chi connectivity index (χ4n) is 1.90. The van der Waals surface area contributed by atoms with Gasteiger partial charge in [-0.05, 0) is 48.6 Å². The number of ketones is 1. The van der Waals surface area contributed by atoms with Crippen molar-refractivity contribution in [2.75, 3.05) is 5.32 Å². The van der Waals surface area contributed by atoms with Gasteiger partial charge in [0.05, 0.1) is 4.88 Å². The summed E-state index contributed by atoms with van der Waals surface area (Å²) < 4.78 is 0. The zero-order valence-corrected chi connectivity index (χ0v) is 11.1. The standard InChI is InChI=1S/C15H13NO2S/c17-14(10-3-4-10)11-5-7-12(8-6-11)16-15(18)13-2-1-9-19-13/h1-2,5-10H,3-4H2,(H,16,18). The van der Waals surface area contributed by atoms with Gasteiger partial charge in [0.2, 0.25) is 0 Å². The second-order valence-corrected chi connectivity index (χ2v) is 5.59. The van der Waals surface area contributed by atoms with Crippen LogP contribution in [0.2, 0.25) is 0 Å². The number of carbonyl (C=O) groups is 2. The Labute approximate surface area is 115 Å². The van der Waals surface area contributed by atoms with Gasteiger partial charge >= 0.3 is 0 Å². The van der Waals surface area contributed by atoms with Gasteiger partial charge in [0.25, 0.3) is 5.91 Å². The van der Waals surface area contributed by atoms with Crippen LogP contribution in [-0.2, 0) is 0 Å². The van der Waals surface area contributed by atoms with E-state index in [0.717, 1.165) is 18.4 Å². The Balaban J connectivity index is 1.69. The largest absolute Gasteiger partial charge is 0.321 e. The van der Waals surface area contributed by atoms with Crippen LogP contribution in [0, 0.1) is 5.92 Å². The summed E-state index contributed by atoms with van der Waals surface area (Å²) in [6, 6.07) is 10.7. The number of amides is 1. The highest BCUT2D eigenvalue weighted by Gasteiger charge is 2.30. The van der Waals surface area contributed by atoms with Crippen LogP contribution in [0.25, 0.3) is 0 Å². The molecule has 3 nitrogen and oxygen atoms in total. The van der Waals surface area contributed by atoms with Crippen LogP contribution in [0.3, 0.4) is 0 Å². The molecule has 1 fully saturated rings. The summed E-state index contributed by atoms with van der Waals surface area (Å²) in [4.78, 5) is 24.4. The molecule has 1 aliphatic rings. The quantitative estimate of drug-likeness (QED) is 0.864. The molecule has 1 saturated carbocycles. The first-order chi connectivity index (χ1) is 9.24. The van der Waals surface area contributed by atoms with Gasteiger partial charge in [-0.2, -0.15) is 0 Å². The molecule has 0 radical (unpaired) electrons. The van der Waals surface area contributed by atoms with Crippen LogP contribution >= 0.6 is 11.3 Å². The molecule has 0 saturated heterocycles. The number of benzene rings is 1. The summed E-state index contributed by atoms with van der Waals surface area (Å²) in [6.45, 7) is 0. The molecule has 0 aliphatic heterocycles. The Morgan fingerprint density at radius 2 is 1.84 bits per heavy atom. The molecule has 1 aromatic carbocycles. The van der Waals surface area contributed by atoms with E-state index in [2.05, 4.69) is 5.32 Å². The maximum absolute atomic E-state index is 11.8.